The summed E-state index contributed by atoms with van der Waals surface area (Å²) in [6.45, 7) is 2.55. The molecule has 0 spiro atoms. The van der Waals surface area contributed by atoms with Crippen LogP contribution in [0.5, 0.6) is 0 Å². The van der Waals surface area contributed by atoms with E-state index in [1.54, 1.807) is 10.8 Å². The smallest absolute Gasteiger partial charge is 0.251 e. The molecule has 3 aromatic rings. The number of aryl methyl sites for hydroxylation is 1. The molecule has 1 N–H and O–H groups in total. The van der Waals surface area contributed by atoms with Crippen LogP contribution in [0.3, 0.4) is 0 Å². The molecule has 2 heterocycles. The van der Waals surface area contributed by atoms with E-state index in [0.29, 0.717) is 18.5 Å². The molecule has 20 heavy (non-hydrogen) atoms. The van der Waals surface area contributed by atoms with E-state index in [0.717, 1.165) is 15.5 Å². The topological polar surface area (TPSA) is 72.2 Å². The van der Waals surface area contributed by atoms with E-state index < -0.39 is 0 Å². The number of carbonyl (C=O) groups is 1. The Kier molecular flexibility index (Phi) is 3.42. The third kappa shape index (κ3) is 2.67. The summed E-state index contributed by atoms with van der Waals surface area (Å²) in [6.07, 6.45) is 2.26. The lowest BCUT2D eigenvalue weighted by molar-refractivity contribution is 0.0954. The molecule has 0 atom stereocenters. The molecule has 102 valence electrons. The highest BCUT2D eigenvalue weighted by Gasteiger charge is 2.07. The molecule has 3 rings (SSSR count). The summed E-state index contributed by atoms with van der Waals surface area (Å²) in [5.41, 5.74) is 1.81. The second-order valence-corrected chi connectivity index (χ2v) is 5.47. The number of carbonyl (C=O) groups excluding carboxylic acids is 1. The first-order chi connectivity index (χ1) is 9.72. The maximum Gasteiger partial charge on any atom is 0.251 e. The van der Waals surface area contributed by atoms with Crippen LogP contribution in [0.25, 0.3) is 4.96 Å². The Morgan fingerprint density at radius 2 is 2.15 bits per heavy atom. The van der Waals surface area contributed by atoms with Crippen molar-refractivity contribution in [1.29, 1.82) is 0 Å². The Bertz CT molecular complexity index is 702. The van der Waals surface area contributed by atoms with E-state index in [4.69, 9.17) is 0 Å². The van der Waals surface area contributed by atoms with E-state index in [1.807, 2.05) is 31.2 Å². The number of hydrogen-bond donors (Lipinski definition) is 1. The summed E-state index contributed by atoms with van der Waals surface area (Å²) in [6, 6.07) is 7.51. The molecule has 2 aromatic heterocycles. The van der Waals surface area contributed by atoms with Crippen molar-refractivity contribution in [3.05, 3.63) is 46.7 Å². The average molecular weight is 287 g/mol. The minimum atomic E-state index is -0.0620. The molecule has 7 heteroatoms. The summed E-state index contributed by atoms with van der Waals surface area (Å²) in [5.74, 6) is -0.0620. The maximum absolute atomic E-state index is 11.9. The van der Waals surface area contributed by atoms with Crippen LogP contribution in [-0.4, -0.2) is 32.3 Å². The number of aromatic nitrogens is 4. The summed E-state index contributed by atoms with van der Waals surface area (Å²) < 4.78 is 1.64. The summed E-state index contributed by atoms with van der Waals surface area (Å²) >= 11 is 1.48. The van der Waals surface area contributed by atoms with Crippen LogP contribution in [0, 0.1) is 6.92 Å². The van der Waals surface area contributed by atoms with Gasteiger partial charge in [0.25, 0.3) is 5.91 Å². The number of fused-ring (bicyclic) bond motifs is 1. The Labute approximate surface area is 119 Å². The van der Waals surface area contributed by atoms with Gasteiger partial charge in [0.05, 0.1) is 0 Å². The molecule has 0 bridgehead atoms. The van der Waals surface area contributed by atoms with Gasteiger partial charge in [0, 0.05) is 18.5 Å². The first-order valence-corrected chi connectivity index (χ1v) is 7.04. The summed E-state index contributed by atoms with van der Waals surface area (Å²) in [4.78, 5) is 12.7. The Hall–Kier alpha value is -2.28. The van der Waals surface area contributed by atoms with Crippen molar-refractivity contribution in [2.45, 2.75) is 13.3 Å². The lowest BCUT2D eigenvalue weighted by Crippen LogP contribution is -2.25. The number of amides is 1. The van der Waals surface area contributed by atoms with Crippen LogP contribution in [0.15, 0.2) is 30.6 Å². The highest BCUT2D eigenvalue weighted by molar-refractivity contribution is 7.16. The van der Waals surface area contributed by atoms with Gasteiger partial charge in [-0.25, -0.2) is 0 Å². The molecule has 1 amide bonds. The SMILES string of the molecule is Cc1ccc(C(=O)NCCc2nn3cnnc3s2)cc1. The third-order valence-electron chi connectivity index (χ3n) is 2.87. The second-order valence-electron chi connectivity index (χ2n) is 4.43. The quantitative estimate of drug-likeness (QED) is 0.788. The van der Waals surface area contributed by atoms with Crippen molar-refractivity contribution < 1.29 is 4.79 Å². The number of benzene rings is 1. The van der Waals surface area contributed by atoms with Crippen molar-refractivity contribution >= 4 is 22.2 Å². The van der Waals surface area contributed by atoms with Gasteiger partial charge < -0.3 is 5.32 Å². The van der Waals surface area contributed by atoms with Gasteiger partial charge >= 0.3 is 0 Å². The molecule has 0 aliphatic rings. The molecule has 0 saturated carbocycles. The Morgan fingerprint density at radius 1 is 1.35 bits per heavy atom. The summed E-state index contributed by atoms with van der Waals surface area (Å²) in [7, 11) is 0. The van der Waals surface area contributed by atoms with E-state index in [2.05, 4.69) is 20.6 Å². The Balaban J connectivity index is 1.55. The van der Waals surface area contributed by atoms with E-state index in [9.17, 15) is 4.79 Å². The van der Waals surface area contributed by atoms with Gasteiger partial charge in [0.2, 0.25) is 4.96 Å². The third-order valence-corrected chi connectivity index (χ3v) is 3.84. The fourth-order valence-corrected chi connectivity index (χ4v) is 2.61. The molecule has 0 saturated heterocycles. The minimum absolute atomic E-state index is 0.0620. The molecular weight excluding hydrogens is 274 g/mol. The number of nitrogens with one attached hydrogen (secondary N) is 1. The van der Waals surface area contributed by atoms with Gasteiger partial charge in [-0.1, -0.05) is 29.0 Å². The average Bonchev–Trinajstić information content (AvgIpc) is 3.00. The molecule has 0 unspecified atom stereocenters. The van der Waals surface area contributed by atoms with Crippen LogP contribution in [0.2, 0.25) is 0 Å². The standard InChI is InChI=1S/C13H13N5OS/c1-9-2-4-10(5-3-9)12(19)14-7-6-11-17-18-8-15-16-13(18)20-11/h2-5,8H,6-7H2,1H3,(H,14,19). The number of hydrogen-bond acceptors (Lipinski definition) is 5. The van der Waals surface area contributed by atoms with Gasteiger partial charge in [-0.2, -0.15) is 9.61 Å². The fourth-order valence-electron chi connectivity index (χ4n) is 1.79. The van der Waals surface area contributed by atoms with Crippen LogP contribution in [-0.2, 0) is 6.42 Å². The molecule has 0 aliphatic heterocycles. The lowest BCUT2D eigenvalue weighted by Gasteiger charge is -2.03. The van der Waals surface area contributed by atoms with Crippen LogP contribution < -0.4 is 5.32 Å². The normalized spacial score (nSPS) is 10.8. The molecular formula is C13H13N5OS. The first kappa shape index (κ1) is 12.7. The van der Waals surface area contributed by atoms with Gasteiger partial charge in [-0.3, -0.25) is 4.79 Å². The van der Waals surface area contributed by atoms with Crippen molar-refractivity contribution in [3.8, 4) is 0 Å². The maximum atomic E-state index is 11.9. The van der Waals surface area contributed by atoms with Crippen LogP contribution in [0.1, 0.15) is 20.9 Å². The van der Waals surface area contributed by atoms with E-state index in [1.165, 1.54) is 11.3 Å². The second kappa shape index (κ2) is 5.38. The van der Waals surface area contributed by atoms with Crippen LogP contribution >= 0.6 is 11.3 Å². The Morgan fingerprint density at radius 3 is 2.90 bits per heavy atom. The molecule has 0 aliphatic carbocycles. The van der Waals surface area contributed by atoms with Crippen molar-refractivity contribution in [2.75, 3.05) is 6.54 Å². The molecule has 6 nitrogen and oxygen atoms in total. The highest BCUT2D eigenvalue weighted by Crippen LogP contribution is 2.11. The van der Waals surface area contributed by atoms with Crippen molar-refractivity contribution in [2.24, 2.45) is 0 Å². The lowest BCUT2D eigenvalue weighted by atomic mass is 10.1. The van der Waals surface area contributed by atoms with Gasteiger partial charge in [-0.05, 0) is 19.1 Å². The fraction of sp³-hybridized carbons (Fsp3) is 0.231. The largest absolute Gasteiger partial charge is 0.352 e. The van der Waals surface area contributed by atoms with Gasteiger partial charge in [-0.15, -0.1) is 10.2 Å². The van der Waals surface area contributed by atoms with Crippen molar-refractivity contribution in [1.82, 2.24) is 25.1 Å². The summed E-state index contributed by atoms with van der Waals surface area (Å²) in [5, 5.41) is 15.8. The predicted molar refractivity (Wildman–Crippen MR) is 75.9 cm³/mol. The number of rotatable bonds is 4. The van der Waals surface area contributed by atoms with Gasteiger partial charge in [0.1, 0.15) is 11.3 Å². The zero-order chi connectivity index (χ0) is 13.9. The molecule has 1 aromatic carbocycles. The predicted octanol–water partition coefficient (Wildman–Crippen LogP) is 1.47. The minimum Gasteiger partial charge on any atom is -0.352 e. The molecule has 0 fully saturated rings. The van der Waals surface area contributed by atoms with Crippen LogP contribution in [0.4, 0.5) is 0 Å². The number of nitrogens with zero attached hydrogens (tertiary/aromatic N) is 4. The zero-order valence-electron chi connectivity index (χ0n) is 10.9. The van der Waals surface area contributed by atoms with E-state index >= 15 is 0 Å². The van der Waals surface area contributed by atoms with Crippen molar-refractivity contribution in [3.63, 3.8) is 0 Å². The molecule has 0 radical (unpaired) electrons. The first-order valence-electron chi connectivity index (χ1n) is 6.23. The highest BCUT2D eigenvalue weighted by atomic mass is 32.1. The van der Waals surface area contributed by atoms with E-state index in [-0.39, 0.29) is 5.91 Å². The van der Waals surface area contributed by atoms with Gasteiger partial charge in [0.15, 0.2) is 0 Å². The monoisotopic (exact) mass is 287 g/mol. The zero-order valence-corrected chi connectivity index (χ0v) is 11.7.